The first-order valence-electron chi connectivity index (χ1n) is 9.30. The average Bonchev–Trinajstić information content (AvgIpc) is 2.66. The Kier molecular flexibility index (Phi) is 9.04. The van der Waals surface area contributed by atoms with Gasteiger partial charge in [-0.25, -0.2) is 4.39 Å². The Bertz CT molecular complexity index is 637. The van der Waals surface area contributed by atoms with Crippen molar-refractivity contribution in [3.8, 4) is 5.75 Å². The van der Waals surface area contributed by atoms with Crippen LogP contribution in [0.5, 0.6) is 5.75 Å². The number of rotatable bonds is 5. The molecule has 0 radical (unpaired) electrons. The number of ether oxygens (including phenoxy) is 3. The van der Waals surface area contributed by atoms with Crippen molar-refractivity contribution in [1.29, 1.82) is 0 Å². The molecule has 1 N–H and O–H groups in total. The molecule has 3 rings (SSSR count). The number of aliphatic imine (C=N–C) groups is 1. The summed E-state index contributed by atoms with van der Waals surface area (Å²) >= 11 is 0. The van der Waals surface area contributed by atoms with Gasteiger partial charge in [0.1, 0.15) is 11.6 Å². The molecule has 0 amide bonds. The monoisotopic (exact) mass is 493 g/mol. The number of piperidine rings is 1. The lowest BCUT2D eigenvalue weighted by atomic mass is 10.1. The van der Waals surface area contributed by atoms with E-state index in [2.05, 4.69) is 15.2 Å². The van der Waals surface area contributed by atoms with E-state index in [4.69, 9.17) is 14.2 Å². The molecule has 0 spiro atoms. The first kappa shape index (κ1) is 22.2. The van der Waals surface area contributed by atoms with Gasteiger partial charge in [-0.15, -0.1) is 24.0 Å². The number of likely N-dealkylation sites (tertiary alicyclic amines) is 1. The van der Waals surface area contributed by atoms with Crippen LogP contribution in [0.1, 0.15) is 30.9 Å². The number of halogens is 2. The van der Waals surface area contributed by atoms with E-state index in [1.54, 1.807) is 13.1 Å². The zero-order valence-corrected chi connectivity index (χ0v) is 18.3. The van der Waals surface area contributed by atoms with Crippen LogP contribution < -0.4 is 10.1 Å². The summed E-state index contributed by atoms with van der Waals surface area (Å²) in [5.74, 6) is 1.39. The molecule has 0 unspecified atom stereocenters. The van der Waals surface area contributed by atoms with Gasteiger partial charge in [0, 0.05) is 38.9 Å². The highest BCUT2D eigenvalue weighted by Crippen LogP contribution is 2.29. The molecule has 152 valence electrons. The zero-order chi connectivity index (χ0) is 18.4. The smallest absolute Gasteiger partial charge is 0.193 e. The molecule has 8 heteroatoms. The summed E-state index contributed by atoms with van der Waals surface area (Å²) in [5, 5.41) is 3.39. The lowest BCUT2D eigenvalue weighted by Crippen LogP contribution is -2.47. The van der Waals surface area contributed by atoms with Crippen LogP contribution in [0.2, 0.25) is 0 Å². The summed E-state index contributed by atoms with van der Waals surface area (Å²) in [7, 11) is 1.79. The number of hydrogen-bond acceptors (Lipinski definition) is 4. The number of hydrogen-bond donors (Lipinski definition) is 1. The van der Waals surface area contributed by atoms with Crippen molar-refractivity contribution in [3.05, 3.63) is 29.1 Å². The largest absolute Gasteiger partial charge is 0.467 e. The minimum Gasteiger partial charge on any atom is -0.467 e. The second-order valence-electron chi connectivity index (χ2n) is 6.53. The maximum Gasteiger partial charge on any atom is 0.193 e. The summed E-state index contributed by atoms with van der Waals surface area (Å²) in [6, 6.07) is 3.02. The molecule has 0 saturated carbocycles. The molecular weight excluding hydrogens is 464 g/mol. The van der Waals surface area contributed by atoms with E-state index in [-0.39, 0.29) is 36.6 Å². The van der Waals surface area contributed by atoms with Gasteiger partial charge in [-0.3, -0.25) is 4.99 Å². The molecule has 1 saturated heterocycles. The maximum absolute atomic E-state index is 13.8. The molecule has 1 fully saturated rings. The summed E-state index contributed by atoms with van der Waals surface area (Å²) in [5.41, 5.74) is 1.63. The summed E-state index contributed by atoms with van der Waals surface area (Å²) in [6.07, 6.45) is 3.04. The van der Waals surface area contributed by atoms with E-state index in [1.165, 1.54) is 6.07 Å². The predicted molar refractivity (Wildman–Crippen MR) is 113 cm³/mol. The fraction of sp³-hybridized carbons (Fsp3) is 0.632. The van der Waals surface area contributed by atoms with Crippen molar-refractivity contribution < 1.29 is 18.6 Å². The number of benzene rings is 1. The van der Waals surface area contributed by atoms with E-state index in [0.29, 0.717) is 25.7 Å². The molecule has 6 nitrogen and oxygen atoms in total. The van der Waals surface area contributed by atoms with Gasteiger partial charge < -0.3 is 24.4 Å². The van der Waals surface area contributed by atoms with Crippen LogP contribution in [0.15, 0.2) is 17.1 Å². The van der Waals surface area contributed by atoms with E-state index in [1.807, 2.05) is 6.92 Å². The molecule has 27 heavy (non-hydrogen) atoms. The van der Waals surface area contributed by atoms with Crippen LogP contribution in [0.4, 0.5) is 4.39 Å². The first-order chi connectivity index (χ1) is 12.7. The second-order valence-corrected chi connectivity index (χ2v) is 6.53. The lowest BCUT2D eigenvalue weighted by molar-refractivity contribution is -0.0172. The zero-order valence-electron chi connectivity index (χ0n) is 16.0. The Morgan fingerprint density at radius 1 is 1.37 bits per heavy atom. The van der Waals surface area contributed by atoms with Crippen molar-refractivity contribution in [2.24, 2.45) is 4.99 Å². The molecule has 1 aromatic rings. The van der Waals surface area contributed by atoms with E-state index in [9.17, 15) is 4.39 Å². The average molecular weight is 493 g/mol. The topological polar surface area (TPSA) is 55.3 Å². The molecule has 2 heterocycles. The number of nitrogens with zero attached hydrogens (tertiary/aromatic N) is 2. The third-order valence-electron chi connectivity index (χ3n) is 4.78. The number of nitrogens with one attached hydrogen (secondary N) is 1. The minimum atomic E-state index is -0.254. The molecular formula is C19H29FIN3O3. The first-order valence-corrected chi connectivity index (χ1v) is 9.30. The van der Waals surface area contributed by atoms with Crippen LogP contribution in [-0.2, 0) is 22.5 Å². The standard InChI is InChI=1S/C19H28FN3O3.HI/c1-3-25-17-5-8-23(9-6-17)19(21-2)22-7-4-14-10-16(20)11-15-12-24-13-26-18(14)15;/h10-11,17H,3-9,12-13H2,1-2H3,(H,21,22);1H. The highest BCUT2D eigenvalue weighted by molar-refractivity contribution is 14.0. The molecule has 2 aliphatic rings. The minimum absolute atomic E-state index is 0. The fourth-order valence-electron chi connectivity index (χ4n) is 3.55. The van der Waals surface area contributed by atoms with Gasteiger partial charge in [-0.05, 0) is 43.9 Å². The Labute approximate surface area is 177 Å². The second kappa shape index (κ2) is 11.0. The molecule has 0 bridgehead atoms. The lowest BCUT2D eigenvalue weighted by Gasteiger charge is -2.34. The highest BCUT2D eigenvalue weighted by Gasteiger charge is 2.22. The molecule has 0 aliphatic carbocycles. The summed E-state index contributed by atoms with van der Waals surface area (Å²) < 4.78 is 30.3. The van der Waals surface area contributed by atoms with Gasteiger partial charge in [-0.1, -0.05) is 0 Å². The normalized spacial score (nSPS) is 17.7. The van der Waals surface area contributed by atoms with Gasteiger partial charge in [0.05, 0.1) is 12.7 Å². The third-order valence-corrected chi connectivity index (χ3v) is 4.78. The summed E-state index contributed by atoms with van der Waals surface area (Å²) in [4.78, 5) is 6.64. The van der Waals surface area contributed by atoms with Gasteiger partial charge >= 0.3 is 0 Å². The van der Waals surface area contributed by atoms with Crippen molar-refractivity contribution in [1.82, 2.24) is 10.2 Å². The number of fused-ring (bicyclic) bond motifs is 1. The van der Waals surface area contributed by atoms with Crippen LogP contribution in [0.25, 0.3) is 0 Å². The van der Waals surface area contributed by atoms with E-state index >= 15 is 0 Å². The van der Waals surface area contributed by atoms with Crippen LogP contribution in [-0.4, -0.2) is 57.0 Å². The fourth-order valence-corrected chi connectivity index (χ4v) is 3.55. The van der Waals surface area contributed by atoms with Crippen molar-refractivity contribution in [3.63, 3.8) is 0 Å². The SMILES string of the molecule is CCOC1CCN(C(=NC)NCCc2cc(F)cc3c2OCOC3)CC1.I. The highest BCUT2D eigenvalue weighted by atomic mass is 127. The quantitative estimate of drug-likeness (QED) is 0.389. The molecule has 0 aromatic heterocycles. The van der Waals surface area contributed by atoms with Crippen LogP contribution in [0, 0.1) is 5.82 Å². The Morgan fingerprint density at radius 3 is 2.85 bits per heavy atom. The predicted octanol–water partition coefficient (Wildman–Crippen LogP) is 2.93. The van der Waals surface area contributed by atoms with Gasteiger partial charge in [0.25, 0.3) is 0 Å². The van der Waals surface area contributed by atoms with E-state index < -0.39 is 0 Å². The van der Waals surface area contributed by atoms with Gasteiger partial charge in [0.15, 0.2) is 12.8 Å². The molecule has 0 atom stereocenters. The van der Waals surface area contributed by atoms with E-state index in [0.717, 1.165) is 55.4 Å². The van der Waals surface area contributed by atoms with Crippen LogP contribution in [0.3, 0.4) is 0 Å². The molecule has 2 aliphatic heterocycles. The van der Waals surface area contributed by atoms with Gasteiger partial charge in [0.2, 0.25) is 0 Å². The Morgan fingerprint density at radius 2 is 2.15 bits per heavy atom. The molecule has 1 aromatic carbocycles. The maximum atomic E-state index is 13.8. The third kappa shape index (κ3) is 5.92. The summed E-state index contributed by atoms with van der Waals surface area (Å²) in [6.45, 7) is 5.94. The Hall–Kier alpha value is -1.13. The number of guanidine groups is 1. The Balaban J connectivity index is 0.00000261. The van der Waals surface area contributed by atoms with Crippen molar-refractivity contribution in [2.45, 2.75) is 38.9 Å². The van der Waals surface area contributed by atoms with Gasteiger partial charge in [-0.2, -0.15) is 0 Å². The van der Waals surface area contributed by atoms with Crippen molar-refractivity contribution in [2.75, 3.05) is 40.1 Å². The van der Waals surface area contributed by atoms with Crippen molar-refractivity contribution >= 4 is 29.9 Å². The van der Waals surface area contributed by atoms with Crippen LogP contribution >= 0.6 is 24.0 Å².